The fourth-order valence-corrected chi connectivity index (χ4v) is 2.93. The fourth-order valence-electron chi connectivity index (χ4n) is 2.93. The first kappa shape index (κ1) is 16.8. The maximum absolute atomic E-state index is 12.1. The van der Waals surface area contributed by atoms with Gasteiger partial charge in [-0.05, 0) is 50.6 Å². The van der Waals surface area contributed by atoms with Gasteiger partial charge in [0.1, 0.15) is 5.75 Å². The molecule has 1 saturated carbocycles. The van der Waals surface area contributed by atoms with Crippen LogP contribution in [-0.4, -0.2) is 37.0 Å². The third-order valence-electron chi connectivity index (χ3n) is 4.20. The summed E-state index contributed by atoms with van der Waals surface area (Å²) in [5.74, 6) is 0.898. The Kier molecular flexibility index (Phi) is 6.72. The number of ether oxygens (including phenoxy) is 1. The van der Waals surface area contributed by atoms with Crippen molar-refractivity contribution in [1.82, 2.24) is 4.90 Å². The highest BCUT2D eigenvalue weighted by Crippen LogP contribution is 2.21. The molecule has 4 heteroatoms. The van der Waals surface area contributed by atoms with Gasteiger partial charge in [0.15, 0.2) is 0 Å². The first-order valence-corrected chi connectivity index (χ1v) is 8.42. The van der Waals surface area contributed by atoms with E-state index in [9.17, 15) is 4.79 Å². The van der Waals surface area contributed by atoms with Crippen molar-refractivity contribution in [2.24, 2.45) is 0 Å². The lowest BCUT2D eigenvalue weighted by Gasteiger charge is -2.30. The predicted molar refractivity (Wildman–Crippen MR) is 90.4 cm³/mol. The molecule has 1 N–H and O–H groups in total. The molecule has 0 atom stereocenters. The molecule has 0 aromatic heterocycles. The first-order valence-electron chi connectivity index (χ1n) is 8.42. The SMILES string of the molecule is CCCOc1ccc(NC(=O)CN(C)C2CCCCC2)cc1. The number of carbonyl (C=O) groups is 1. The summed E-state index contributed by atoms with van der Waals surface area (Å²) < 4.78 is 5.54. The highest BCUT2D eigenvalue weighted by molar-refractivity contribution is 5.92. The number of nitrogens with zero attached hydrogens (tertiary/aromatic N) is 1. The van der Waals surface area contributed by atoms with E-state index in [2.05, 4.69) is 24.2 Å². The average Bonchev–Trinajstić information content (AvgIpc) is 2.55. The molecule has 2 rings (SSSR count). The zero-order valence-electron chi connectivity index (χ0n) is 13.8. The van der Waals surface area contributed by atoms with Crippen molar-refractivity contribution < 1.29 is 9.53 Å². The molecular weight excluding hydrogens is 276 g/mol. The largest absolute Gasteiger partial charge is 0.494 e. The van der Waals surface area contributed by atoms with Crippen LogP contribution in [0.3, 0.4) is 0 Å². The van der Waals surface area contributed by atoms with Crippen LogP contribution in [0.4, 0.5) is 5.69 Å². The first-order chi connectivity index (χ1) is 10.7. The van der Waals surface area contributed by atoms with Gasteiger partial charge in [-0.15, -0.1) is 0 Å². The minimum absolute atomic E-state index is 0.0512. The molecule has 122 valence electrons. The van der Waals surface area contributed by atoms with E-state index < -0.39 is 0 Å². The van der Waals surface area contributed by atoms with E-state index >= 15 is 0 Å². The molecule has 1 aliphatic carbocycles. The third-order valence-corrected chi connectivity index (χ3v) is 4.20. The van der Waals surface area contributed by atoms with E-state index in [-0.39, 0.29) is 5.91 Å². The second-order valence-electron chi connectivity index (χ2n) is 6.13. The maximum atomic E-state index is 12.1. The summed E-state index contributed by atoms with van der Waals surface area (Å²) in [6.45, 7) is 3.26. The van der Waals surface area contributed by atoms with Crippen molar-refractivity contribution >= 4 is 11.6 Å². The van der Waals surface area contributed by atoms with Crippen LogP contribution >= 0.6 is 0 Å². The molecule has 1 amide bonds. The van der Waals surface area contributed by atoms with Crippen LogP contribution in [0.2, 0.25) is 0 Å². The van der Waals surface area contributed by atoms with E-state index in [4.69, 9.17) is 4.74 Å². The van der Waals surface area contributed by atoms with Crippen molar-refractivity contribution in [1.29, 1.82) is 0 Å². The number of hydrogen-bond donors (Lipinski definition) is 1. The quantitative estimate of drug-likeness (QED) is 0.835. The number of benzene rings is 1. The van der Waals surface area contributed by atoms with E-state index in [1.807, 2.05) is 24.3 Å². The Balaban J connectivity index is 1.78. The average molecular weight is 304 g/mol. The molecule has 0 spiro atoms. The Morgan fingerprint density at radius 1 is 1.23 bits per heavy atom. The summed E-state index contributed by atoms with van der Waals surface area (Å²) in [5, 5.41) is 2.96. The molecule has 0 radical (unpaired) electrons. The lowest BCUT2D eigenvalue weighted by atomic mass is 9.94. The standard InChI is InChI=1S/C18H28N2O2/c1-3-13-22-17-11-9-15(10-12-17)19-18(21)14-20(2)16-7-5-4-6-8-16/h9-12,16H,3-8,13-14H2,1-2H3,(H,19,21). The van der Waals surface area contributed by atoms with Gasteiger partial charge in [-0.1, -0.05) is 26.2 Å². The van der Waals surface area contributed by atoms with Gasteiger partial charge in [0.25, 0.3) is 0 Å². The molecule has 1 fully saturated rings. The van der Waals surface area contributed by atoms with Gasteiger partial charge in [0.05, 0.1) is 13.2 Å². The molecule has 0 bridgehead atoms. The minimum Gasteiger partial charge on any atom is -0.494 e. The van der Waals surface area contributed by atoms with Crippen LogP contribution in [0.5, 0.6) is 5.75 Å². The Morgan fingerprint density at radius 2 is 1.91 bits per heavy atom. The number of amides is 1. The highest BCUT2D eigenvalue weighted by atomic mass is 16.5. The number of rotatable bonds is 7. The van der Waals surface area contributed by atoms with Gasteiger partial charge in [-0.3, -0.25) is 9.69 Å². The second kappa shape index (κ2) is 8.79. The van der Waals surface area contributed by atoms with Crippen LogP contribution in [0.1, 0.15) is 45.4 Å². The molecule has 1 aromatic carbocycles. The van der Waals surface area contributed by atoms with Crippen molar-refractivity contribution in [3.05, 3.63) is 24.3 Å². The topological polar surface area (TPSA) is 41.6 Å². The maximum Gasteiger partial charge on any atom is 0.238 e. The number of carbonyl (C=O) groups excluding carboxylic acids is 1. The van der Waals surface area contributed by atoms with Crippen molar-refractivity contribution in [3.63, 3.8) is 0 Å². The number of hydrogen-bond acceptors (Lipinski definition) is 3. The molecule has 1 aliphatic rings. The third kappa shape index (κ3) is 5.34. The zero-order chi connectivity index (χ0) is 15.8. The minimum atomic E-state index is 0.0512. The highest BCUT2D eigenvalue weighted by Gasteiger charge is 2.19. The Hall–Kier alpha value is -1.55. The number of likely N-dealkylation sites (N-methyl/N-ethyl adjacent to an activating group) is 1. The van der Waals surface area contributed by atoms with E-state index in [0.717, 1.165) is 24.5 Å². The molecule has 1 aromatic rings. The Bertz CT molecular complexity index is 453. The van der Waals surface area contributed by atoms with Crippen molar-refractivity contribution in [2.75, 3.05) is 25.5 Å². The molecule has 0 saturated heterocycles. The summed E-state index contributed by atoms with van der Waals surface area (Å²) in [7, 11) is 2.05. The number of anilines is 1. The van der Waals surface area contributed by atoms with Crippen molar-refractivity contribution in [2.45, 2.75) is 51.5 Å². The zero-order valence-corrected chi connectivity index (χ0v) is 13.8. The summed E-state index contributed by atoms with van der Waals surface area (Å²) in [4.78, 5) is 14.3. The van der Waals surface area contributed by atoms with Gasteiger partial charge in [-0.25, -0.2) is 0 Å². The molecule has 22 heavy (non-hydrogen) atoms. The second-order valence-corrected chi connectivity index (χ2v) is 6.13. The van der Waals surface area contributed by atoms with Gasteiger partial charge < -0.3 is 10.1 Å². The summed E-state index contributed by atoms with van der Waals surface area (Å²) in [6, 6.07) is 8.14. The van der Waals surface area contributed by atoms with E-state index in [1.54, 1.807) is 0 Å². The van der Waals surface area contributed by atoms with Gasteiger partial charge in [0.2, 0.25) is 5.91 Å². The molecule has 0 heterocycles. The summed E-state index contributed by atoms with van der Waals surface area (Å²) in [6.07, 6.45) is 7.33. The smallest absolute Gasteiger partial charge is 0.238 e. The Labute approximate surface area is 133 Å². The van der Waals surface area contributed by atoms with Gasteiger partial charge >= 0.3 is 0 Å². The molecular formula is C18H28N2O2. The van der Waals surface area contributed by atoms with Crippen molar-refractivity contribution in [3.8, 4) is 5.75 Å². The Morgan fingerprint density at radius 3 is 2.55 bits per heavy atom. The predicted octanol–water partition coefficient (Wildman–Crippen LogP) is 3.68. The van der Waals surface area contributed by atoms with Gasteiger partial charge in [-0.2, -0.15) is 0 Å². The van der Waals surface area contributed by atoms with Crippen LogP contribution in [-0.2, 0) is 4.79 Å². The summed E-state index contributed by atoms with van der Waals surface area (Å²) in [5.41, 5.74) is 0.825. The van der Waals surface area contributed by atoms with E-state index in [1.165, 1.54) is 32.1 Å². The van der Waals surface area contributed by atoms with Crippen LogP contribution in [0.25, 0.3) is 0 Å². The molecule has 0 aliphatic heterocycles. The fraction of sp³-hybridized carbons (Fsp3) is 0.611. The van der Waals surface area contributed by atoms with Gasteiger partial charge in [0, 0.05) is 11.7 Å². The number of nitrogens with one attached hydrogen (secondary N) is 1. The van der Waals surface area contributed by atoms with Crippen LogP contribution < -0.4 is 10.1 Å². The van der Waals surface area contributed by atoms with E-state index in [0.29, 0.717) is 12.6 Å². The monoisotopic (exact) mass is 304 g/mol. The summed E-state index contributed by atoms with van der Waals surface area (Å²) >= 11 is 0. The van der Waals surface area contributed by atoms with Crippen LogP contribution in [0, 0.1) is 0 Å². The molecule has 0 unspecified atom stereocenters. The lowest BCUT2D eigenvalue weighted by molar-refractivity contribution is -0.117. The normalized spacial score (nSPS) is 15.8. The molecule has 4 nitrogen and oxygen atoms in total. The lowest BCUT2D eigenvalue weighted by Crippen LogP contribution is -2.39. The van der Waals surface area contributed by atoms with Crippen LogP contribution in [0.15, 0.2) is 24.3 Å².